The number of nitrogens with zero attached hydrogens (tertiary/aromatic N) is 1. The standard InChI is InChI=1S/C7H11N3O3/c8-5(7(12)13)1-4-2-6(11)10-9-3-4/h3-5H,1-2,8H2,(H,10,11)(H,12,13)/t4-,5-/m0/s1. The Hall–Kier alpha value is -1.43. The highest BCUT2D eigenvalue weighted by atomic mass is 16.4. The molecule has 72 valence electrons. The molecule has 1 aliphatic heterocycles. The summed E-state index contributed by atoms with van der Waals surface area (Å²) in [5.41, 5.74) is 7.56. The number of carbonyl (C=O) groups is 2. The zero-order chi connectivity index (χ0) is 9.84. The van der Waals surface area contributed by atoms with Crippen molar-refractivity contribution in [2.75, 3.05) is 0 Å². The van der Waals surface area contributed by atoms with Crippen molar-refractivity contribution < 1.29 is 14.7 Å². The second kappa shape index (κ2) is 3.99. The molecule has 4 N–H and O–H groups in total. The van der Waals surface area contributed by atoms with Crippen molar-refractivity contribution in [3.63, 3.8) is 0 Å². The molecule has 0 aliphatic carbocycles. The quantitative estimate of drug-likeness (QED) is 0.519. The molecule has 0 fully saturated rings. The van der Waals surface area contributed by atoms with Crippen LogP contribution in [0, 0.1) is 5.92 Å². The van der Waals surface area contributed by atoms with Gasteiger partial charge in [-0.15, -0.1) is 0 Å². The average molecular weight is 185 g/mol. The van der Waals surface area contributed by atoms with E-state index in [-0.39, 0.29) is 24.7 Å². The Labute approximate surface area is 74.8 Å². The fourth-order valence-electron chi connectivity index (χ4n) is 1.12. The van der Waals surface area contributed by atoms with Crippen molar-refractivity contribution in [2.24, 2.45) is 16.8 Å². The van der Waals surface area contributed by atoms with Crippen molar-refractivity contribution in [1.82, 2.24) is 5.43 Å². The van der Waals surface area contributed by atoms with E-state index in [0.717, 1.165) is 0 Å². The number of hydrogen-bond acceptors (Lipinski definition) is 4. The van der Waals surface area contributed by atoms with Crippen molar-refractivity contribution >= 4 is 18.1 Å². The molecule has 0 aromatic heterocycles. The summed E-state index contributed by atoms with van der Waals surface area (Å²) >= 11 is 0. The van der Waals surface area contributed by atoms with Crippen LogP contribution in [0.25, 0.3) is 0 Å². The maximum atomic E-state index is 10.8. The van der Waals surface area contributed by atoms with Gasteiger partial charge in [-0.3, -0.25) is 9.59 Å². The third-order valence-electron chi connectivity index (χ3n) is 1.80. The number of carbonyl (C=O) groups excluding carboxylic acids is 1. The lowest BCUT2D eigenvalue weighted by molar-refractivity contribution is -0.139. The molecular formula is C7H11N3O3. The predicted molar refractivity (Wildman–Crippen MR) is 45.0 cm³/mol. The van der Waals surface area contributed by atoms with Gasteiger partial charge < -0.3 is 10.8 Å². The molecule has 0 aromatic rings. The summed E-state index contributed by atoms with van der Waals surface area (Å²) < 4.78 is 0. The van der Waals surface area contributed by atoms with Crippen LogP contribution < -0.4 is 11.2 Å². The topological polar surface area (TPSA) is 105 Å². The summed E-state index contributed by atoms with van der Waals surface area (Å²) in [4.78, 5) is 21.2. The highest BCUT2D eigenvalue weighted by molar-refractivity contribution is 5.84. The van der Waals surface area contributed by atoms with Crippen LogP contribution in [0.2, 0.25) is 0 Å². The van der Waals surface area contributed by atoms with Gasteiger partial charge in [0.1, 0.15) is 6.04 Å². The summed E-state index contributed by atoms with van der Waals surface area (Å²) in [6, 6.07) is -0.928. The Morgan fingerprint density at radius 2 is 2.62 bits per heavy atom. The number of amides is 1. The minimum absolute atomic E-state index is 0.167. The van der Waals surface area contributed by atoms with Gasteiger partial charge in [-0.2, -0.15) is 5.10 Å². The number of carboxylic acids is 1. The number of nitrogens with one attached hydrogen (secondary N) is 1. The Kier molecular flexibility index (Phi) is 2.97. The van der Waals surface area contributed by atoms with Gasteiger partial charge in [0.05, 0.1) is 0 Å². The summed E-state index contributed by atoms with van der Waals surface area (Å²) in [6.45, 7) is 0. The lowest BCUT2D eigenvalue weighted by atomic mass is 9.97. The minimum Gasteiger partial charge on any atom is -0.480 e. The molecule has 6 nitrogen and oxygen atoms in total. The van der Waals surface area contributed by atoms with E-state index in [2.05, 4.69) is 10.5 Å². The first-order valence-corrected chi connectivity index (χ1v) is 3.90. The average Bonchev–Trinajstić information content (AvgIpc) is 2.04. The van der Waals surface area contributed by atoms with Gasteiger partial charge in [-0.25, -0.2) is 5.43 Å². The van der Waals surface area contributed by atoms with E-state index >= 15 is 0 Å². The first-order valence-electron chi connectivity index (χ1n) is 3.90. The van der Waals surface area contributed by atoms with E-state index in [9.17, 15) is 9.59 Å². The molecule has 13 heavy (non-hydrogen) atoms. The van der Waals surface area contributed by atoms with Crippen molar-refractivity contribution in [2.45, 2.75) is 18.9 Å². The van der Waals surface area contributed by atoms with Crippen LogP contribution in [0.15, 0.2) is 5.10 Å². The van der Waals surface area contributed by atoms with Gasteiger partial charge in [0.15, 0.2) is 0 Å². The Bertz CT molecular complexity index is 251. The van der Waals surface area contributed by atoms with Gasteiger partial charge in [-0.05, 0) is 6.42 Å². The summed E-state index contributed by atoms with van der Waals surface area (Å²) in [6.07, 6.45) is 2.01. The fraction of sp³-hybridized carbons (Fsp3) is 0.571. The molecule has 1 rings (SSSR count). The van der Waals surface area contributed by atoms with Gasteiger partial charge in [0.25, 0.3) is 0 Å². The summed E-state index contributed by atoms with van der Waals surface area (Å²) in [7, 11) is 0. The van der Waals surface area contributed by atoms with Crippen LogP contribution in [-0.4, -0.2) is 29.2 Å². The Morgan fingerprint density at radius 3 is 3.15 bits per heavy atom. The first-order chi connectivity index (χ1) is 6.09. The number of rotatable bonds is 3. The van der Waals surface area contributed by atoms with Crippen LogP contribution in [0.4, 0.5) is 0 Å². The second-order valence-corrected chi connectivity index (χ2v) is 2.96. The van der Waals surface area contributed by atoms with E-state index in [1.165, 1.54) is 6.21 Å². The predicted octanol–water partition coefficient (Wildman–Crippen LogP) is -1.09. The molecule has 0 saturated carbocycles. The largest absolute Gasteiger partial charge is 0.480 e. The zero-order valence-electron chi connectivity index (χ0n) is 6.93. The van der Waals surface area contributed by atoms with Gasteiger partial charge in [0, 0.05) is 18.6 Å². The van der Waals surface area contributed by atoms with Gasteiger partial charge >= 0.3 is 5.97 Å². The molecule has 0 bridgehead atoms. The molecule has 1 aliphatic rings. The zero-order valence-corrected chi connectivity index (χ0v) is 6.93. The lowest BCUT2D eigenvalue weighted by Gasteiger charge is -2.16. The normalized spacial score (nSPS) is 23.8. The molecule has 0 radical (unpaired) electrons. The van der Waals surface area contributed by atoms with Crippen molar-refractivity contribution in [3.05, 3.63) is 0 Å². The molecule has 0 saturated heterocycles. The monoisotopic (exact) mass is 185 g/mol. The fourth-order valence-corrected chi connectivity index (χ4v) is 1.12. The lowest BCUT2D eigenvalue weighted by Crippen LogP contribution is -2.36. The SMILES string of the molecule is N[C@@H](C[C@@H]1C=NNC(=O)C1)C(=O)O. The van der Waals surface area contributed by atoms with Crippen LogP contribution in [0.5, 0.6) is 0 Å². The maximum absolute atomic E-state index is 10.8. The van der Waals surface area contributed by atoms with E-state index in [1.54, 1.807) is 0 Å². The molecule has 2 atom stereocenters. The molecule has 6 heteroatoms. The van der Waals surface area contributed by atoms with E-state index in [1.807, 2.05) is 0 Å². The smallest absolute Gasteiger partial charge is 0.320 e. The van der Waals surface area contributed by atoms with E-state index < -0.39 is 12.0 Å². The number of hydrazone groups is 1. The van der Waals surface area contributed by atoms with E-state index in [0.29, 0.717) is 0 Å². The van der Waals surface area contributed by atoms with E-state index in [4.69, 9.17) is 10.8 Å². The van der Waals surface area contributed by atoms with Crippen LogP contribution in [0.3, 0.4) is 0 Å². The maximum Gasteiger partial charge on any atom is 0.320 e. The number of nitrogens with two attached hydrogens (primary N) is 1. The van der Waals surface area contributed by atoms with Crippen molar-refractivity contribution in [1.29, 1.82) is 0 Å². The molecule has 1 amide bonds. The summed E-state index contributed by atoms with van der Waals surface area (Å²) in [5.74, 6) is -1.43. The highest BCUT2D eigenvalue weighted by Crippen LogP contribution is 2.10. The third-order valence-corrected chi connectivity index (χ3v) is 1.80. The van der Waals surface area contributed by atoms with Crippen molar-refractivity contribution in [3.8, 4) is 0 Å². The van der Waals surface area contributed by atoms with Crippen LogP contribution in [0.1, 0.15) is 12.8 Å². The van der Waals surface area contributed by atoms with Gasteiger partial charge in [-0.1, -0.05) is 0 Å². The Morgan fingerprint density at radius 1 is 1.92 bits per heavy atom. The molecular weight excluding hydrogens is 174 g/mol. The molecule has 0 spiro atoms. The molecule has 0 unspecified atom stereocenters. The van der Waals surface area contributed by atoms with Crippen LogP contribution in [-0.2, 0) is 9.59 Å². The highest BCUT2D eigenvalue weighted by Gasteiger charge is 2.21. The number of aliphatic carboxylic acids is 1. The van der Waals surface area contributed by atoms with Crippen LogP contribution >= 0.6 is 0 Å². The first kappa shape index (κ1) is 9.66. The molecule has 0 aromatic carbocycles. The summed E-state index contributed by atoms with van der Waals surface area (Å²) in [5, 5.41) is 12.1. The molecule has 1 heterocycles. The Balaban J connectivity index is 2.45. The minimum atomic E-state index is -1.06. The third kappa shape index (κ3) is 2.83. The van der Waals surface area contributed by atoms with Gasteiger partial charge in [0.2, 0.25) is 5.91 Å². The number of carboxylic acid groups (broad SMARTS) is 1. The second-order valence-electron chi connectivity index (χ2n) is 2.96. The number of hydrogen-bond donors (Lipinski definition) is 3.